The molecule has 0 aromatic heterocycles. The quantitative estimate of drug-likeness (QED) is 0.677. The lowest BCUT2D eigenvalue weighted by molar-refractivity contribution is -0.158. The molecular formula is C8H14O4. The number of carbonyl (C=O) groups is 1. The Labute approximate surface area is 71.5 Å². The van der Waals surface area contributed by atoms with Gasteiger partial charge in [-0.1, -0.05) is 6.92 Å². The zero-order chi connectivity index (χ0) is 8.97. The molecule has 1 rings (SSSR count). The highest BCUT2D eigenvalue weighted by molar-refractivity contribution is 5.70. The van der Waals surface area contributed by atoms with Gasteiger partial charge in [0.05, 0.1) is 31.8 Å². The first kappa shape index (κ1) is 9.48. The van der Waals surface area contributed by atoms with Crippen LogP contribution in [0.4, 0.5) is 0 Å². The van der Waals surface area contributed by atoms with Crippen LogP contribution in [0.15, 0.2) is 0 Å². The Morgan fingerprint density at radius 3 is 2.83 bits per heavy atom. The summed E-state index contributed by atoms with van der Waals surface area (Å²) in [5, 5.41) is 8.79. The van der Waals surface area contributed by atoms with Gasteiger partial charge in [-0.2, -0.15) is 0 Å². The lowest BCUT2D eigenvalue weighted by Crippen LogP contribution is -2.38. The second kappa shape index (κ2) is 4.42. The van der Waals surface area contributed by atoms with Crippen molar-refractivity contribution < 1.29 is 19.4 Å². The van der Waals surface area contributed by atoms with E-state index in [0.29, 0.717) is 26.2 Å². The van der Waals surface area contributed by atoms with E-state index in [4.69, 9.17) is 14.6 Å². The van der Waals surface area contributed by atoms with Gasteiger partial charge in [0.2, 0.25) is 0 Å². The van der Waals surface area contributed by atoms with Crippen molar-refractivity contribution in [3.63, 3.8) is 0 Å². The molecule has 2 atom stereocenters. The molecule has 0 aliphatic carbocycles. The van der Waals surface area contributed by atoms with Gasteiger partial charge >= 0.3 is 5.97 Å². The predicted octanol–water partition coefficient (Wildman–Crippen LogP) is 0.513. The topological polar surface area (TPSA) is 55.8 Å². The number of aliphatic carboxylic acids is 1. The molecule has 70 valence electrons. The first-order valence-corrected chi connectivity index (χ1v) is 4.18. The average molecular weight is 174 g/mol. The minimum atomic E-state index is -0.798. The smallest absolute Gasteiger partial charge is 0.309 e. The average Bonchev–Trinajstić information content (AvgIpc) is 2.07. The Kier molecular flexibility index (Phi) is 3.49. The fourth-order valence-electron chi connectivity index (χ4n) is 1.33. The summed E-state index contributed by atoms with van der Waals surface area (Å²) in [5.74, 6) is -1.22. The highest BCUT2D eigenvalue weighted by Crippen LogP contribution is 2.15. The Balaban J connectivity index is 2.46. The van der Waals surface area contributed by atoms with E-state index >= 15 is 0 Å². The molecule has 1 aliphatic rings. The van der Waals surface area contributed by atoms with Crippen LogP contribution in [0.3, 0.4) is 0 Å². The first-order valence-electron chi connectivity index (χ1n) is 4.18. The van der Waals surface area contributed by atoms with Crippen molar-refractivity contribution in [3.05, 3.63) is 0 Å². The van der Waals surface area contributed by atoms with Crippen LogP contribution < -0.4 is 0 Å². The highest BCUT2D eigenvalue weighted by Gasteiger charge is 2.29. The van der Waals surface area contributed by atoms with Crippen molar-refractivity contribution in [1.29, 1.82) is 0 Å². The maximum atomic E-state index is 10.7. The third kappa shape index (κ3) is 2.19. The van der Waals surface area contributed by atoms with Crippen LogP contribution in [0.25, 0.3) is 0 Å². The second-order valence-electron chi connectivity index (χ2n) is 2.84. The van der Waals surface area contributed by atoms with Crippen LogP contribution in [-0.2, 0) is 14.3 Å². The molecule has 1 N–H and O–H groups in total. The van der Waals surface area contributed by atoms with Crippen molar-refractivity contribution >= 4 is 5.97 Å². The summed E-state index contributed by atoms with van der Waals surface area (Å²) >= 11 is 0. The Morgan fingerprint density at radius 2 is 2.42 bits per heavy atom. The molecule has 1 fully saturated rings. The zero-order valence-corrected chi connectivity index (χ0v) is 7.16. The van der Waals surface area contributed by atoms with Gasteiger partial charge < -0.3 is 14.6 Å². The van der Waals surface area contributed by atoms with Crippen LogP contribution >= 0.6 is 0 Å². The summed E-state index contributed by atoms with van der Waals surface area (Å²) in [5.41, 5.74) is 0. The first-order chi connectivity index (χ1) is 5.75. The number of ether oxygens (including phenoxy) is 2. The summed E-state index contributed by atoms with van der Waals surface area (Å²) in [4.78, 5) is 10.7. The summed E-state index contributed by atoms with van der Waals surface area (Å²) in [6, 6.07) is 0. The third-order valence-corrected chi connectivity index (χ3v) is 2.05. The van der Waals surface area contributed by atoms with Gasteiger partial charge in [0.15, 0.2) is 0 Å². The zero-order valence-electron chi connectivity index (χ0n) is 7.16. The van der Waals surface area contributed by atoms with Gasteiger partial charge in [0.1, 0.15) is 0 Å². The summed E-state index contributed by atoms with van der Waals surface area (Å²) in [6.45, 7) is 3.34. The van der Waals surface area contributed by atoms with Crippen molar-refractivity contribution in [2.24, 2.45) is 5.92 Å². The van der Waals surface area contributed by atoms with Crippen molar-refractivity contribution in [2.45, 2.75) is 19.4 Å². The summed E-state index contributed by atoms with van der Waals surface area (Å²) < 4.78 is 10.4. The molecule has 2 unspecified atom stereocenters. The van der Waals surface area contributed by atoms with Gasteiger partial charge in [0.25, 0.3) is 0 Å². The van der Waals surface area contributed by atoms with Crippen molar-refractivity contribution in [1.82, 2.24) is 0 Å². The minimum absolute atomic E-state index is 0.263. The number of carboxylic acids is 1. The maximum absolute atomic E-state index is 10.7. The molecule has 1 heterocycles. The van der Waals surface area contributed by atoms with E-state index < -0.39 is 11.9 Å². The molecule has 1 aliphatic heterocycles. The SMILES string of the molecule is CCC(C(=O)O)C1COCCO1. The summed E-state index contributed by atoms with van der Waals surface area (Å²) in [6.07, 6.45) is 0.324. The lowest BCUT2D eigenvalue weighted by Gasteiger charge is -2.27. The molecule has 0 spiro atoms. The van der Waals surface area contributed by atoms with Crippen LogP contribution in [0, 0.1) is 5.92 Å². The number of hydrogen-bond donors (Lipinski definition) is 1. The van der Waals surface area contributed by atoms with E-state index in [1.54, 1.807) is 0 Å². The van der Waals surface area contributed by atoms with E-state index in [1.807, 2.05) is 6.92 Å². The number of hydrogen-bond acceptors (Lipinski definition) is 3. The Morgan fingerprint density at radius 1 is 1.67 bits per heavy atom. The molecule has 0 amide bonds. The van der Waals surface area contributed by atoms with Gasteiger partial charge in [0, 0.05) is 0 Å². The molecule has 0 aromatic rings. The molecule has 0 radical (unpaired) electrons. The normalized spacial score (nSPS) is 26.6. The molecular weight excluding hydrogens is 160 g/mol. The van der Waals surface area contributed by atoms with Crippen molar-refractivity contribution in [3.8, 4) is 0 Å². The Hall–Kier alpha value is -0.610. The van der Waals surface area contributed by atoms with Gasteiger partial charge in [-0.25, -0.2) is 0 Å². The van der Waals surface area contributed by atoms with Gasteiger partial charge in [-0.15, -0.1) is 0 Å². The van der Waals surface area contributed by atoms with Crippen LogP contribution in [0.2, 0.25) is 0 Å². The van der Waals surface area contributed by atoms with E-state index in [0.717, 1.165) is 0 Å². The third-order valence-electron chi connectivity index (χ3n) is 2.05. The van der Waals surface area contributed by atoms with Crippen LogP contribution in [-0.4, -0.2) is 37.0 Å². The van der Waals surface area contributed by atoms with E-state index in [2.05, 4.69) is 0 Å². The minimum Gasteiger partial charge on any atom is -0.481 e. The number of carboxylic acid groups (broad SMARTS) is 1. The molecule has 4 heteroatoms. The maximum Gasteiger partial charge on any atom is 0.309 e. The molecule has 4 nitrogen and oxygen atoms in total. The summed E-state index contributed by atoms with van der Waals surface area (Å²) in [7, 11) is 0. The van der Waals surface area contributed by atoms with E-state index in [-0.39, 0.29) is 6.10 Å². The second-order valence-corrected chi connectivity index (χ2v) is 2.84. The van der Waals surface area contributed by atoms with E-state index in [9.17, 15) is 4.79 Å². The lowest BCUT2D eigenvalue weighted by atomic mass is 10.00. The van der Waals surface area contributed by atoms with Gasteiger partial charge in [-0.05, 0) is 6.42 Å². The van der Waals surface area contributed by atoms with Gasteiger partial charge in [-0.3, -0.25) is 4.79 Å². The molecule has 0 bridgehead atoms. The highest BCUT2D eigenvalue weighted by atomic mass is 16.6. The fourth-order valence-corrected chi connectivity index (χ4v) is 1.33. The van der Waals surface area contributed by atoms with E-state index in [1.165, 1.54) is 0 Å². The molecule has 12 heavy (non-hydrogen) atoms. The predicted molar refractivity (Wildman–Crippen MR) is 42.0 cm³/mol. The monoisotopic (exact) mass is 174 g/mol. The van der Waals surface area contributed by atoms with Crippen LogP contribution in [0.5, 0.6) is 0 Å². The van der Waals surface area contributed by atoms with Crippen molar-refractivity contribution in [2.75, 3.05) is 19.8 Å². The molecule has 1 saturated heterocycles. The molecule has 0 aromatic carbocycles. The largest absolute Gasteiger partial charge is 0.481 e. The number of rotatable bonds is 3. The Bertz CT molecular complexity index is 151. The molecule has 0 saturated carbocycles. The van der Waals surface area contributed by atoms with Crippen LogP contribution in [0.1, 0.15) is 13.3 Å². The standard InChI is InChI=1S/C8H14O4/c1-2-6(8(9)10)7-5-11-3-4-12-7/h6-7H,2-5H2,1H3,(H,9,10). The fraction of sp³-hybridized carbons (Fsp3) is 0.875.